The Bertz CT molecular complexity index is 829. The van der Waals surface area contributed by atoms with Gasteiger partial charge in [-0.1, -0.05) is 27.2 Å². The predicted octanol–water partition coefficient (Wildman–Crippen LogP) is 5.87. The number of ether oxygens (including phenoxy) is 2. The smallest absolute Gasteiger partial charge is 0.360 e. The Kier molecular flexibility index (Phi) is 9.25. The fraction of sp³-hybridized carbons (Fsp3) is 0.609. The third-order valence-electron chi connectivity index (χ3n) is 5.53. The molecule has 0 amide bonds. The number of rotatable bonds is 12. The largest absolute Gasteiger partial charge is 0.478 e. The lowest BCUT2D eigenvalue weighted by atomic mass is 10.2. The average Bonchev–Trinajstić information content (AvgIpc) is 3.20. The van der Waals surface area contributed by atoms with E-state index in [4.69, 9.17) is 18.3 Å². The van der Waals surface area contributed by atoms with Crippen LogP contribution in [-0.4, -0.2) is 44.1 Å². The summed E-state index contributed by atoms with van der Waals surface area (Å²) >= 11 is 0. The lowest BCUT2D eigenvalue weighted by molar-refractivity contribution is 0.0519. The van der Waals surface area contributed by atoms with E-state index in [9.17, 15) is 4.79 Å². The highest BCUT2D eigenvalue weighted by atomic mass is 28.4. The normalized spacial score (nSPS) is 12.1. The van der Waals surface area contributed by atoms with E-state index in [0.29, 0.717) is 23.9 Å². The van der Waals surface area contributed by atoms with Gasteiger partial charge in [0.2, 0.25) is 11.8 Å². The van der Waals surface area contributed by atoms with Crippen molar-refractivity contribution in [2.75, 3.05) is 19.8 Å². The Morgan fingerprint density at radius 1 is 1.13 bits per heavy atom. The van der Waals surface area contributed by atoms with Crippen molar-refractivity contribution in [3.63, 3.8) is 0 Å². The van der Waals surface area contributed by atoms with Crippen LogP contribution >= 0.6 is 0 Å². The number of aromatic nitrogens is 2. The van der Waals surface area contributed by atoms with Crippen molar-refractivity contribution in [1.82, 2.24) is 9.97 Å². The van der Waals surface area contributed by atoms with Gasteiger partial charge in [-0.25, -0.2) is 14.8 Å². The van der Waals surface area contributed by atoms with Crippen molar-refractivity contribution in [2.24, 2.45) is 0 Å². The van der Waals surface area contributed by atoms with Crippen molar-refractivity contribution in [1.29, 1.82) is 0 Å². The van der Waals surface area contributed by atoms with Crippen LogP contribution < -0.4 is 4.74 Å². The molecule has 31 heavy (non-hydrogen) atoms. The van der Waals surface area contributed by atoms with Crippen LogP contribution in [-0.2, 0) is 9.16 Å². The molecule has 0 aliphatic carbocycles. The minimum Gasteiger partial charge on any atom is -0.478 e. The molecule has 0 radical (unpaired) electrons. The summed E-state index contributed by atoms with van der Waals surface area (Å²) in [5.41, 5.74) is 0.844. The molecule has 0 N–H and O–H groups in total. The summed E-state index contributed by atoms with van der Waals surface area (Å²) in [6.07, 6.45) is 7.17. The van der Waals surface area contributed by atoms with E-state index in [1.165, 1.54) is 6.26 Å². The second kappa shape index (κ2) is 11.4. The average molecular weight is 449 g/mol. The summed E-state index contributed by atoms with van der Waals surface area (Å²) in [4.78, 5) is 20.1. The molecule has 2 aromatic heterocycles. The van der Waals surface area contributed by atoms with Crippen molar-refractivity contribution < 1.29 is 23.1 Å². The van der Waals surface area contributed by atoms with Gasteiger partial charge in [0.15, 0.2) is 14.0 Å². The minimum atomic E-state index is -1.64. The van der Waals surface area contributed by atoms with Crippen LogP contribution in [0.5, 0.6) is 5.88 Å². The number of pyridine rings is 1. The SMILES string of the molecule is CCOC(=O)c1coc(-c2ccnc(OCCCCCCO[Si](C)(C)C(C)(C)C)c2)n1. The Morgan fingerprint density at radius 2 is 1.84 bits per heavy atom. The molecule has 0 aromatic carbocycles. The Morgan fingerprint density at radius 3 is 2.52 bits per heavy atom. The Balaban J connectivity index is 1.70. The topological polar surface area (TPSA) is 83.7 Å². The first-order valence-electron chi connectivity index (χ1n) is 11.0. The van der Waals surface area contributed by atoms with E-state index in [1.807, 2.05) is 0 Å². The van der Waals surface area contributed by atoms with Gasteiger partial charge in [-0.05, 0) is 50.4 Å². The van der Waals surface area contributed by atoms with E-state index in [2.05, 4.69) is 43.8 Å². The van der Waals surface area contributed by atoms with Gasteiger partial charge in [0, 0.05) is 24.4 Å². The highest BCUT2D eigenvalue weighted by Gasteiger charge is 2.36. The van der Waals surface area contributed by atoms with Gasteiger partial charge < -0.3 is 18.3 Å². The van der Waals surface area contributed by atoms with E-state index in [1.54, 1.807) is 25.3 Å². The Hall–Kier alpha value is -2.19. The first-order chi connectivity index (χ1) is 14.6. The molecule has 2 rings (SSSR count). The molecule has 0 aliphatic rings. The quantitative estimate of drug-likeness (QED) is 0.228. The maximum atomic E-state index is 11.7. The molecular formula is C23H36N2O5Si. The van der Waals surface area contributed by atoms with Crippen LogP contribution in [0.4, 0.5) is 0 Å². The molecule has 0 aliphatic heterocycles. The monoisotopic (exact) mass is 448 g/mol. The summed E-state index contributed by atoms with van der Waals surface area (Å²) < 4.78 is 22.3. The van der Waals surface area contributed by atoms with Crippen LogP contribution in [0, 0.1) is 0 Å². The molecule has 0 saturated carbocycles. The standard InChI is InChI=1S/C23H36N2O5Si/c1-7-27-22(26)19-17-29-21(25-19)18-12-13-24-20(16-18)28-14-10-8-9-11-15-30-31(5,6)23(2,3)4/h12-13,16-17H,7-11,14-15H2,1-6H3. The zero-order valence-electron chi connectivity index (χ0n) is 19.7. The van der Waals surface area contributed by atoms with E-state index < -0.39 is 14.3 Å². The molecule has 0 bridgehead atoms. The molecular weight excluding hydrogens is 412 g/mol. The van der Waals surface area contributed by atoms with Gasteiger partial charge in [-0.2, -0.15) is 0 Å². The van der Waals surface area contributed by atoms with Crippen molar-refractivity contribution in [3.05, 3.63) is 30.3 Å². The summed E-state index contributed by atoms with van der Waals surface area (Å²) in [7, 11) is -1.64. The molecule has 0 saturated heterocycles. The molecule has 172 valence electrons. The predicted molar refractivity (Wildman–Crippen MR) is 123 cm³/mol. The van der Waals surface area contributed by atoms with Gasteiger partial charge in [0.1, 0.15) is 6.26 Å². The Labute approximate surface area is 186 Å². The second-order valence-corrected chi connectivity index (χ2v) is 13.8. The van der Waals surface area contributed by atoms with Crippen LogP contribution in [0.15, 0.2) is 29.0 Å². The third-order valence-corrected chi connectivity index (χ3v) is 10.1. The number of oxazole rings is 1. The highest BCUT2D eigenvalue weighted by Crippen LogP contribution is 2.36. The van der Waals surface area contributed by atoms with Crippen molar-refractivity contribution in [3.8, 4) is 17.3 Å². The number of unbranched alkanes of at least 4 members (excludes halogenated alkanes) is 3. The summed E-state index contributed by atoms with van der Waals surface area (Å²) in [5, 5.41) is 0.258. The lowest BCUT2D eigenvalue weighted by Gasteiger charge is -2.36. The molecule has 7 nitrogen and oxygen atoms in total. The minimum absolute atomic E-state index is 0.147. The number of carbonyl (C=O) groups excluding carboxylic acids is 1. The fourth-order valence-corrected chi connectivity index (χ4v) is 3.69. The van der Waals surface area contributed by atoms with Gasteiger partial charge in [-0.15, -0.1) is 0 Å². The number of hydrogen-bond donors (Lipinski definition) is 0. The lowest BCUT2D eigenvalue weighted by Crippen LogP contribution is -2.40. The molecule has 2 aromatic rings. The number of nitrogens with zero attached hydrogens (tertiary/aromatic N) is 2. The van der Waals surface area contributed by atoms with Crippen LogP contribution in [0.3, 0.4) is 0 Å². The second-order valence-electron chi connectivity index (χ2n) is 9.01. The van der Waals surface area contributed by atoms with Crippen LogP contribution in [0.2, 0.25) is 18.1 Å². The number of hydrogen-bond acceptors (Lipinski definition) is 7. The van der Waals surface area contributed by atoms with E-state index >= 15 is 0 Å². The number of esters is 1. The molecule has 2 heterocycles. The first-order valence-corrected chi connectivity index (χ1v) is 13.9. The summed E-state index contributed by atoms with van der Waals surface area (Å²) in [5.74, 6) is 0.337. The zero-order chi connectivity index (χ0) is 22.9. The third kappa shape index (κ3) is 7.77. The molecule has 8 heteroatoms. The van der Waals surface area contributed by atoms with Crippen LogP contribution in [0.25, 0.3) is 11.5 Å². The van der Waals surface area contributed by atoms with Crippen LogP contribution in [0.1, 0.15) is 63.9 Å². The van der Waals surface area contributed by atoms with E-state index in [-0.39, 0.29) is 17.3 Å². The van der Waals surface area contributed by atoms with Gasteiger partial charge in [0.05, 0.1) is 13.2 Å². The highest BCUT2D eigenvalue weighted by molar-refractivity contribution is 6.74. The zero-order valence-corrected chi connectivity index (χ0v) is 20.7. The summed E-state index contributed by atoms with van der Waals surface area (Å²) in [6.45, 7) is 14.8. The van der Waals surface area contributed by atoms with Crippen molar-refractivity contribution in [2.45, 2.75) is 71.5 Å². The number of carbonyl (C=O) groups is 1. The maximum Gasteiger partial charge on any atom is 0.360 e. The molecule has 0 atom stereocenters. The van der Waals surface area contributed by atoms with Gasteiger partial charge in [-0.3, -0.25) is 0 Å². The molecule has 0 unspecified atom stereocenters. The van der Waals surface area contributed by atoms with Gasteiger partial charge >= 0.3 is 5.97 Å². The molecule has 0 spiro atoms. The van der Waals surface area contributed by atoms with E-state index in [0.717, 1.165) is 32.3 Å². The van der Waals surface area contributed by atoms with Crippen molar-refractivity contribution >= 4 is 14.3 Å². The summed E-state index contributed by atoms with van der Waals surface area (Å²) in [6, 6.07) is 3.52. The fourth-order valence-electron chi connectivity index (χ4n) is 2.60. The first kappa shape index (κ1) is 25.1. The molecule has 0 fully saturated rings. The van der Waals surface area contributed by atoms with Gasteiger partial charge in [0.25, 0.3) is 0 Å². The maximum absolute atomic E-state index is 11.7.